The molecule has 0 aliphatic carbocycles. The molecule has 0 aromatic carbocycles. The molecule has 0 fully saturated rings. The number of nitrogens with zero attached hydrogens (tertiary/aromatic N) is 2. The number of fused-ring (bicyclic) bond motifs is 2. The highest BCUT2D eigenvalue weighted by atomic mass is 32.1. The van der Waals surface area contributed by atoms with E-state index in [1.165, 1.54) is 15.3 Å². The average molecular weight is 364 g/mol. The van der Waals surface area contributed by atoms with Crippen LogP contribution in [0.3, 0.4) is 0 Å². The van der Waals surface area contributed by atoms with Gasteiger partial charge in [0.25, 0.3) is 0 Å². The molecule has 4 heterocycles. The summed E-state index contributed by atoms with van der Waals surface area (Å²) in [5.41, 5.74) is 2.31. The van der Waals surface area contributed by atoms with E-state index in [-0.39, 0.29) is 17.9 Å². The van der Waals surface area contributed by atoms with Gasteiger partial charge in [0.1, 0.15) is 0 Å². The van der Waals surface area contributed by atoms with E-state index in [1.807, 2.05) is 6.92 Å². The minimum Gasteiger partial charge on any atom is -0.372 e. The number of carbonyl (C=O) groups is 1. The van der Waals surface area contributed by atoms with Gasteiger partial charge >= 0.3 is 0 Å². The van der Waals surface area contributed by atoms with Crippen molar-refractivity contribution in [3.05, 3.63) is 32.5 Å². The lowest BCUT2D eigenvalue weighted by Gasteiger charge is -2.27. The maximum atomic E-state index is 12.7. The van der Waals surface area contributed by atoms with Crippen molar-refractivity contribution < 1.29 is 9.53 Å². The van der Waals surface area contributed by atoms with E-state index in [4.69, 9.17) is 4.74 Å². The van der Waals surface area contributed by atoms with Gasteiger partial charge < -0.3 is 15.0 Å². The number of thiazole rings is 1. The lowest BCUT2D eigenvalue weighted by Crippen LogP contribution is -2.30. The molecule has 1 amide bonds. The predicted octanol–water partition coefficient (Wildman–Crippen LogP) is 3.08. The van der Waals surface area contributed by atoms with Gasteiger partial charge in [-0.05, 0) is 24.1 Å². The van der Waals surface area contributed by atoms with Gasteiger partial charge in [0.05, 0.1) is 24.3 Å². The van der Waals surface area contributed by atoms with Crippen molar-refractivity contribution in [3.63, 3.8) is 0 Å². The summed E-state index contributed by atoms with van der Waals surface area (Å²) in [7, 11) is 2.11. The first-order valence-corrected chi connectivity index (χ1v) is 9.97. The van der Waals surface area contributed by atoms with E-state index in [0.29, 0.717) is 11.7 Å². The van der Waals surface area contributed by atoms with Crippen LogP contribution < -0.4 is 5.32 Å². The fraction of sp³-hybridized carbons (Fsp3) is 0.529. The number of hydrogen-bond acceptors (Lipinski definition) is 6. The largest absolute Gasteiger partial charge is 0.372 e. The van der Waals surface area contributed by atoms with Gasteiger partial charge in [0, 0.05) is 35.7 Å². The second-order valence-electron chi connectivity index (χ2n) is 6.50. The maximum absolute atomic E-state index is 12.7. The Hall–Kier alpha value is -1.28. The standard InChI is InChI=1S/C17H21N3O2S2/c1-10(15-11-5-8-23-13(11)4-7-22-15)16(21)19-17-18-12-3-6-20(2)9-14(12)24-17/h5,8,10,15H,3-4,6-7,9H2,1-2H3,(H,18,19,21). The number of thiophene rings is 1. The van der Waals surface area contributed by atoms with Crippen molar-refractivity contribution >= 4 is 33.7 Å². The molecule has 0 radical (unpaired) electrons. The van der Waals surface area contributed by atoms with Crippen molar-refractivity contribution in [1.29, 1.82) is 0 Å². The zero-order valence-corrected chi connectivity index (χ0v) is 15.5. The van der Waals surface area contributed by atoms with Gasteiger partial charge in [0.15, 0.2) is 5.13 Å². The fourth-order valence-corrected chi connectivity index (χ4v) is 5.31. The van der Waals surface area contributed by atoms with Crippen molar-refractivity contribution in [2.24, 2.45) is 5.92 Å². The number of nitrogens with one attached hydrogen (secondary N) is 1. The Bertz CT molecular complexity index is 755. The zero-order chi connectivity index (χ0) is 16.7. The Kier molecular flexibility index (Phi) is 4.42. The van der Waals surface area contributed by atoms with E-state index in [0.717, 1.165) is 31.6 Å². The van der Waals surface area contributed by atoms with Crippen LogP contribution in [0.5, 0.6) is 0 Å². The highest BCUT2D eigenvalue weighted by molar-refractivity contribution is 7.15. The summed E-state index contributed by atoms with van der Waals surface area (Å²) >= 11 is 3.35. The number of hydrogen-bond donors (Lipinski definition) is 1. The summed E-state index contributed by atoms with van der Waals surface area (Å²) in [5.74, 6) is -0.249. The predicted molar refractivity (Wildman–Crippen MR) is 96.7 cm³/mol. The van der Waals surface area contributed by atoms with E-state index >= 15 is 0 Å². The molecule has 128 valence electrons. The van der Waals surface area contributed by atoms with Crippen LogP contribution in [0.4, 0.5) is 5.13 Å². The lowest BCUT2D eigenvalue weighted by atomic mass is 9.94. The minimum atomic E-state index is -0.234. The number of likely N-dealkylation sites (N-methyl/N-ethyl adjacent to an activating group) is 1. The minimum absolute atomic E-state index is 0.0153. The van der Waals surface area contributed by atoms with Gasteiger partial charge in [0.2, 0.25) is 5.91 Å². The van der Waals surface area contributed by atoms with Crippen LogP contribution in [0.15, 0.2) is 11.4 Å². The van der Waals surface area contributed by atoms with E-state index in [1.54, 1.807) is 22.7 Å². The Labute approximate surface area is 149 Å². The van der Waals surface area contributed by atoms with Gasteiger partial charge in [-0.3, -0.25) is 4.79 Å². The molecule has 2 unspecified atom stereocenters. The molecule has 4 rings (SSSR count). The van der Waals surface area contributed by atoms with Crippen LogP contribution in [0.1, 0.15) is 34.0 Å². The summed E-state index contributed by atoms with van der Waals surface area (Å²) in [6.07, 6.45) is 1.75. The van der Waals surface area contributed by atoms with Crippen molar-refractivity contribution in [3.8, 4) is 0 Å². The number of carbonyl (C=O) groups excluding carboxylic acids is 1. The summed E-state index contributed by atoms with van der Waals surface area (Å²) in [6, 6.07) is 2.09. The van der Waals surface area contributed by atoms with Crippen LogP contribution >= 0.6 is 22.7 Å². The second-order valence-corrected chi connectivity index (χ2v) is 8.58. The molecule has 2 aromatic heterocycles. The Balaban J connectivity index is 1.47. The molecule has 1 N–H and O–H groups in total. The number of amides is 1. The average Bonchev–Trinajstić information content (AvgIpc) is 3.19. The smallest absolute Gasteiger partial charge is 0.231 e. The van der Waals surface area contributed by atoms with Crippen molar-refractivity contribution in [2.45, 2.75) is 32.4 Å². The molecular formula is C17H21N3O2S2. The van der Waals surface area contributed by atoms with E-state index < -0.39 is 0 Å². The third-order valence-corrected chi connectivity index (χ3v) is 6.73. The van der Waals surface area contributed by atoms with Crippen molar-refractivity contribution in [1.82, 2.24) is 9.88 Å². The summed E-state index contributed by atoms with van der Waals surface area (Å²) < 4.78 is 5.90. The SMILES string of the molecule is CC(C(=O)Nc1nc2c(s1)CN(C)CC2)C1OCCc2sccc21. The normalized spacial score (nSPS) is 21.8. The number of rotatable bonds is 3. The molecular weight excluding hydrogens is 342 g/mol. The van der Waals surface area contributed by atoms with Crippen LogP contribution in [-0.2, 0) is 28.9 Å². The topological polar surface area (TPSA) is 54.5 Å². The van der Waals surface area contributed by atoms with Crippen LogP contribution in [-0.4, -0.2) is 36.0 Å². The fourth-order valence-electron chi connectivity index (χ4n) is 3.32. The number of aromatic nitrogens is 1. The summed E-state index contributed by atoms with van der Waals surface area (Å²) in [5, 5.41) is 5.81. The molecule has 0 bridgehead atoms. The number of anilines is 1. The molecule has 24 heavy (non-hydrogen) atoms. The van der Waals surface area contributed by atoms with E-state index in [2.05, 4.69) is 33.7 Å². The van der Waals surface area contributed by atoms with Crippen molar-refractivity contribution in [2.75, 3.05) is 25.5 Å². The highest BCUT2D eigenvalue weighted by Crippen LogP contribution is 2.36. The van der Waals surface area contributed by atoms with Crippen LogP contribution in [0, 0.1) is 5.92 Å². The lowest BCUT2D eigenvalue weighted by molar-refractivity contribution is -0.125. The maximum Gasteiger partial charge on any atom is 0.231 e. The second kappa shape index (κ2) is 6.55. The molecule has 0 spiro atoms. The quantitative estimate of drug-likeness (QED) is 0.910. The molecule has 0 saturated heterocycles. The number of ether oxygens (including phenoxy) is 1. The summed E-state index contributed by atoms with van der Waals surface area (Å²) in [4.78, 5) is 22.2. The zero-order valence-electron chi connectivity index (χ0n) is 13.9. The van der Waals surface area contributed by atoms with Crippen LogP contribution in [0.25, 0.3) is 0 Å². The molecule has 2 aromatic rings. The monoisotopic (exact) mass is 363 g/mol. The van der Waals surface area contributed by atoms with E-state index in [9.17, 15) is 4.79 Å². The summed E-state index contributed by atoms with van der Waals surface area (Å²) in [6.45, 7) is 4.57. The molecule has 2 atom stereocenters. The first-order chi connectivity index (χ1) is 11.6. The molecule has 2 aliphatic rings. The third-order valence-electron chi connectivity index (χ3n) is 4.73. The first-order valence-electron chi connectivity index (χ1n) is 8.27. The molecule has 7 heteroatoms. The van der Waals surface area contributed by atoms with Crippen LogP contribution in [0.2, 0.25) is 0 Å². The Morgan fingerprint density at radius 3 is 3.21 bits per heavy atom. The third kappa shape index (κ3) is 3.01. The van der Waals surface area contributed by atoms with Gasteiger partial charge in [-0.2, -0.15) is 0 Å². The Morgan fingerprint density at radius 2 is 2.33 bits per heavy atom. The highest BCUT2D eigenvalue weighted by Gasteiger charge is 2.32. The molecule has 2 aliphatic heterocycles. The first kappa shape index (κ1) is 16.2. The Morgan fingerprint density at radius 1 is 1.46 bits per heavy atom. The van der Waals surface area contributed by atoms with Gasteiger partial charge in [-0.1, -0.05) is 6.92 Å². The molecule has 5 nitrogen and oxygen atoms in total. The molecule has 0 saturated carbocycles. The van der Waals surface area contributed by atoms with Gasteiger partial charge in [-0.25, -0.2) is 4.98 Å². The van der Waals surface area contributed by atoms with Gasteiger partial charge in [-0.15, -0.1) is 22.7 Å².